The molecule has 5 rings (SSSR count). The van der Waals surface area contributed by atoms with Gasteiger partial charge in [-0.2, -0.15) is 5.26 Å². The second kappa shape index (κ2) is 16.9. The molecule has 1 fully saturated rings. The van der Waals surface area contributed by atoms with E-state index >= 15 is 0 Å². The lowest BCUT2D eigenvalue weighted by Gasteiger charge is -2.33. The molecule has 2 N–H and O–H groups in total. The molecule has 2 amide bonds. The number of carbonyl (C=O) groups excluding carboxylic acids is 2. The summed E-state index contributed by atoms with van der Waals surface area (Å²) in [5.74, 6) is -0.0534. The summed E-state index contributed by atoms with van der Waals surface area (Å²) in [6.45, 7) is 3.56. The Kier molecular flexibility index (Phi) is 12.0. The normalized spacial score (nSPS) is 15.3. The molecule has 0 radical (unpaired) electrons. The molecule has 242 valence electrons. The van der Waals surface area contributed by atoms with Gasteiger partial charge < -0.3 is 24.8 Å². The van der Waals surface area contributed by atoms with E-state index < -0.39 is 18.1 Å². The second-order valence-corrected chi connectivity index (χ2v) is 11.4. The highest BCUT2D eigenvalue weighted by Crippen LogP contribution is 2.30. The highest BCUT2D eigenvalue weighted by molar-refractivity contribution is 5.98. The van der Waals surface area contributed by atoms with Crippen LogP contribution in [0.25, 0.3) is 0 Å². The molecular weight excluding hydrogens is 592 g/mol. The zero-order chi connectivity index (χ0) is 32.8. The van der Waals surface area contributed by atoms with Crippen LogP contribution in [0, 0.1) is 11.3 Å². The Labute approximate surface area is 276 Å². The first kappa shape index (κ1) is 33.2. The number of methoxy groups -OCH3 is 1. The van der Waals surface area contributed by atoms with Crippen molar-refractivity contribution in [1.82, 2.24) is 10.2 Å². The smallest absolute Gasteiger partial charge is 0.407 e. The molecule has 0 unspecified atom stereocenters. The van der Waals surface area contributed by atoms with Gasteiger partial charge in [-0.1, -0.05) is 78.9 Å². The van der Waals surface area contributed by atoms with E-state index in [1.54, 1.807) is 24.3 Å². The third kappa shape index (κ3) is 9.42. The molecule has 0 aromatic heterocycles. The Morgan fingerprint density at radius 2 is 1.60 bits per heavy atom. The zero-order valence-corrected chi connectivity index (χ0v) is 26.5. The zero-order valence-electron chi connectivity index (χ0n) is 26.5. The molecule has 0 aliphatic carbocycles. The van der Waals surface area contributed by atoms with Crippen LogP contribution in [-0.2, 0) is 20.7 Å². The lowest BCUT2D eigenvalue weighted by Crippen LogP contribution is -2.48. The van der Waals surface area contributed by atoms with Gasteiger partial charge in [0.05, 0.1) is 38.1 Å². The topological polar surface area (TPSA) is 113 Å². The molecule has 0 saturated carbocycles. The molecule has 9 heteroatoms. The van der Waals surface area contributed by atoms with Gasteiger partial charge in [-0.3, -0.25) is 9.69 Å². The number of morpholine rings is 1. The van der Waals surface area contributed by atoms with Crippen LogP contribution in [0.3, 0.4) is 0 Å². The summed E-state index contributed by atoms with van der Waals surface area (Å²) in [7, 11) is 1.29. The Balaban J connectivity index is 1.23. The molecule has 4 aromatic carbocycles. The highest BCUT2D eigenvalue weighted by Gasteiger charge is 2.33. The SMILES string of the molecule is COC(=O)N[C@H](C(=O)Nc1ccccc1CCN1CCO[C@H](CCOc2ccc(C#N)cc2)C1)C(c1ccccc1)c1ccccc1. The van der Waals surface area contributed by atoms with Crippen LogP contribution in [-0.4, -0.2) is 69.0 Å². The monoisotopic (exact) mass is 632 g/mol. The van der Waals surface area contributed by atoms with E-state index in [1.165, 1.54) is 7.11 Å². The summed E-state index contributed by atoms with van der Waals surface area (Å²) >= 11 is 0. The summed E-state index contributed by atoms with van der Waals surface area (Å²) in [6, 6.07) is 35.4. The van der Waals surface area contributed by atoms with Crippen LogP contribution in [0.4, 0.5) is 10.5 Å². The largest absolute Gasteiger partial charge is 0.493 e. The van der Waals surface area contributed by atoms with Gasteiger partial charge >= 0.3 is 6.09 Å². The lowest BCUT2D eigenvalue weighted by molar-refractivity contribution is -0.118. The maximum atomic E-state index is 14.1. The van der Waals surface area contributed by atoms with Crippen molar-refractivity contribution in [3.05, 3.63) is 131 Å². The van der Waals surface area contributed by atoms with Gasteiger partial charge in [0, 0.05) is 37.7 Å². The van der Waals surface area contributed by atoms with Crippen LogP contribution >= 0.6 is 0 Å². The number of nitrogens with zero attached hydrogens (tertiary/aromatic N) is 2. The second-order valence-electron chi connectivity index (χ2n) is 11.4. The Morgan fingerprint density at radius 3 is 2.26 bits per heavy atom. The van der Waals surface area contributed by atoms with Gasteiger partial charge in [-0.15, -0.1) is 0 Å². The third-order valence-electron chi connectivity index (χ3n) is 8.28. The van der Waals surface area contributed by atoms with Gasteiger partial charge in [0.2, 0.25) is 5.91 Å². The summed E-state index contributed by atoms with van der Waals surface area (Å²) < 4.78 is 16.8. The maximum absolute atomic E-state index is 14.1. The number of rotatable bonds is 13. The van der Waals surface area contributed by atoms with Crippen molar-refractivity contribution >= 4 is 17.7 Å². The fourth-order valence-corrected chi connectivity index (χ4v) is 5.83. The Morgan fingerprint density at radius 1 is 0.936 bits per heavy atom. The number of amides is 2. The molecule has 2 atom stereocenters. The lowest BCUT2D eigenvalue weighted by atomic mass is 9.84. The van der Waals surface area contributed by atoms with E-state index in [1.807, 2.05) is 84.9 Å². The maximum Gasteiger partial charge on any atom is 0.407 e. The number of hydrogen-bond donors (Lipinski definition) is 2. The van der Waals surface area contributed by atoms with Crippen molar-refractivity contribution in [3.8, 4) is 11.8 Å². The van der Waals surface area contributed by atoms with Crippen LogP contribution in [0.15, 0.2) is 109 Å². The van der Waals surface area contributed by atoms with Crippen LogP contribution in [0.5, 0.6) is 5.75 Å². The van der Waals surface area contributed by atoms with Crippen LogP contribution < -0.4 is 15.4 Å². The summed E-state index contributed by atoms with van der Waals surface area (Å²) in [5, 5.41) is 14.9. The first-order chi connectivity index (χ1) is 23.0. The van der Waals surface area contributed by atoms with Gasteiger partial charge in [0.25, 0.3) is 0 Å². The fourth-order valence-electron chi connectivity index (χ4n) is 5.83. The first-order valence-corrected chi connectivity index (χ1v) is 15.8. The Bertz CT molecular complexity index is 1590. The van der Waals surface area contributed by atoms with Gasteiger partial charge in [0.15, 0.2) is 0 Å². The molecule has 1 heterocycles. The number of hydrogen-bond acceptors (Lipinski definition) is 7. The van der Waals surface area contributed by atoms with Crippen molar-refractivity contribution in [2.24, 2.45) is 0 Å². The minimum atomic E-state index is -0.938. The average molecular weight is 633 g/mol. The summed E-state index contributed by atoms with van der Waals surface area (Å²) in [5.41, 5.74) is 4.10. The molecule has 0 spiro atoms. The number of carbonyl (C=O) groups is 2. The van der Waals surface area contributed by atoms with Gasteiger partial charge in [-0.05, 0) is 53.4 Å². The quantitative estimate of drug-likeness (QED) is 0.193. The van der Waals surface area contributed by atoms with Crippen LogP contribution in [0.2, 0.25) is 0 Å². The first-order valence-electron chi connectivity index (χ1n) is 15.8. The average Bonchev–Trinajstić information content (AvgIpc) is 3.12. The van der Waals surface area contributed by atoms with Crippen LogP contribution in [0.1, 0.15) is 34.6 Å². The van der Waals surface area contributed by atoms with E-state index in [2.05, 4.69) is 21.6 Å². The van der Waals surface area contributed by atoms with Crippen molar-refractivity contribution in [3.63, 3.8) is 0 Å². The van der Waals surface area contributed by atoms with Crippen molar-refractivity contribution in [2.45, 2.75) is 30.9 Å². The minimum absolute atomic E-state index is 0.0511. The molecule has 47 heavy (non-hydrogen) atoms. The number of alkyl carbamates (subject to hydrolysis) is 1. The molecule has 4 aromatic rings. The van der Waals surface area contributed by atoms with Crippen molar-refractivity contribution in [2.75, 3.05) is 45.3 Å². The number of nitrogens with one attached hydrogen (secondary N) is 2. The molecule has 1 saturated heterocycles. The van der Waals surface area contributed by atoms with E-state index in [0.29, 0.717) is 24.5 Å². The predicted molar refractivity (Wildman–Crippen MR) is 180 cm³/mol. The number of benzene rings is 4. The van der Waals surface area contributed by atoms with E-state index in [4.69, 9.17) is 19.5 Å². The third-order valence-corrected chi connectivity index (χ3v) is 8.28. The van der Waals surface area contributed by atoms with E-state index in [-0.39, 0.29) is 12.0 Å². The van der Waals surface area contributed by atoms with E-state index in [0.717, 1.165) is 54.9 Å². The van der Waals surface area contributed by atoms with Crippen molar-refractivity contribution in [1.29, 1.82) is 5.26 Å². The van der Waals surface area contributed by atoms with Gasteiger partial charge in [-0.25, -0.2) is 4.79 Å². The predicted octanol–water partition coefficient (Wildman–Crippen LogP) is 5.77. The van der Waals surface area contributed by atoms with E-state index in [9.17, 15) is 9.59 Å². The highest BCUT2D eigenvalue weighted by atomic mass is 16.5. The minimum Gasteiger partial charge on any atom is -0.493 e. The number of anilines is 1. The van der Waals surface area contributed by atoms with Gasteiger partial charge in [0.1, 0.15) is 11.8 Å². The molecule has 1 aliphatic heterocycles. The fraction of sp³-hybridized carbons (Fsp3) is 0.289. The number of ether oxygens (including phenoxy) is 3. The molecule has 1 aliphatic rings. The summed E-state index contributed by atoms with van der Waals surface area (Å²) in [6.07, 6.45) is 0.845. The number of para-hydroxylation sites is 1. The molecule has 9 nitrogen and oxygen atoms in total. The molecule has 0 bridgehead atoms. The standard InChI is InChI=1S/C38H40N4O5/c1-45-38(44)41-36(35(30-11-4-2-5-12-30)31-13-6-3-7-14-31)37(43)40-34-15-9-8-10-29(34)20-22-42-23-25-47-33(27-42)21-24-46-32-18-16-28(26-39)17-19-32/h2-19,33,35-36H,20-25,27H2,1H3,(H,40,43)(H,41,44)/t33-,36+/m1/s1. The molecular formula is C38H40N4O5. The Hall–Kier alpha value is -5.17. The summed E-state index contributed by atoms with van der Waals surface area (Å²) in [4.78, 5) is 29.0. The number of nitriles is 1. The van der Waals surface area contributed by atoms with Crippen molar-refractivity contribution < 1.29 is 23.8 Å².